The highest BCUT2D eigenvalue weighted by atomic mass is 32.2. The van der Waals surface area contributed by atoms with Crippen LogP contribution in [0.15, 0.2) is 35.4 Å². The lowest BCUT2D eigenvalue weighted by Crippen LogP contribution is -2.45. The van der Waals surface area contributed by atoms with Gasteiger partial charge < -0.3 is 21.1 Å². The molecule has 13 heteroatoms. The summed E-state index contributed by atoms with van der Waals surface area (Å²) in [4.78, 5) is 27.6. The maximum absolute atomic E-state index is 13.2. The number of rotatable bonds is 9. The van der Waals surface area contributed by atoms with E-state index in [1.165, 1.54) is 35.2 Å². The molecule has 0 spiro atoms. The van der Waals surface area contributed by atoms with Crippen LogP contribution in [0.3, 0.4) is 0 Å². The van der Waals surface area contributed by atoms with Crippen molar-refractivity contribution in [2.45, 2.75) is 29.5 Å². The van der Waals surface area contributed by atoms with Gasteiger partial charge in [-0.25, -0.2) is 9.78 Å². The molecule has 0 aliphatic heterocycles. The minimum atomic E-state index is -5.44. The molecule has 35 heavy (non-hydrogen) atoms. The van der Waals surface area contributed by atoms with Gasteiger partial charge in [-0.3, -0.25) is 4.79 Å². The molecule has 1 unspecified atom stereocenters. The van der Waals surface area contributed by atoms with Crippen LogP contribution in [0.2, 0.25) is 0 Å². The van der Waals surface area contributed by atoms with Gasteiger partial charge in [-0.05, 0) is 23.7 Å². The van der Waals surface area contributed by atoms with Crippen molar-refractivity contribution < 1.29 is 27.5 Å². The van der Waals surface area contributed by atoms with Crippen LogP contribution in [-0.4, -0.2) is 43.2 Å². The van der Waals surface area contributed by atoms with Crippen molar-refractivity contribution in [2.24, 2.45) is 11.5 Å². The van der Waals surface area contributed by atoms with E-state index in [4.69, 9.17) is 16.2 Å². The lowest BCUT2D eigenvalue weighted by atomic mass is 10.0. The highest BCUT2D eigenvalue weighted by Gasteiger charge is 2.52. The van der Waals surface area contributed by atoms with Gasteiger partial charge in [0.15, 0.2) is 0 Å². The Hall–Kier alpha value is -3.81. The minimum Gasteiger partial charge on any atom is -0.427 e. The first-order chi connectivity index (χ1) is 16.5. The van der Waals surface area contributed by atoms with Gasteiger partial charge in [-0.1, -0.05) is 37.3 Å². The number of carbonyl (C=O) groups excluding carboxylic acids is 2. The Bertz CT molecular complexity index is 1190. The number of anilines is 1. The van der Waals surface area contributed by atoms with E-state index >= 15 is 0 Å². The average molecular weight is 507 g/mol. The molecule has 1 aromatic carbocycles. The van der Waals surface area contributed by atoms with Crippen LogP contribution in [0.25, 0.3) is 0 Å². The van der Waals surface area contributed by atoms with Crippen molar-refractivity contribution >= 4 is 29.5 Å². The van der Waals surface area contributed by atoms with Crippen LogP contribution in [0, 0.1) is 22.7 Å². The zero-order chi connectivity index (χ0) is 26.4. The number of hydrogen-bond acceptors (Lipinski definition) is 9. The number of thioether (sulfide) groups is 1. The quantitative estimate of drug-likeness (QED) is 0.296. The van der Waals surface area contributed by atoms with Gasteiger partial charge >= 0.3 is 12.1 Å². The summed E-state index contributed by atoms with van der Waals surface area (Å²) in [5, 5.41) is 19.3. The van der Waals surface area contributed by atoms with E-state index in [0.717, 1.165) is 0 Å². The van der Waals surface area contributed by atoms with Crippen LogP contribution in [-0.2, 0) is 25.7 Å². The zero-order valence-corrected chi connectivity index (χ0v) is 19.5. The highest BCUT2D eigenvalue weighted by molar-refractivity contribution is 8.00. The second-order valence-corrected chi connectivity index (χ2v) is 8.26. The van der Waals surface area contributed by atoms with E-state index in [1.807, 2.05) is 12.1 Å². The van der Waals surface area contributed by atoms with Crippen LogP contribution < -0.4 is 16.4 Å². The zero-order valence-electron chi connectivity index (χ0n) is 18.7. The number of benzene rings is 1. The van der Waals surface area contributed by atoms with E-state index in [1.54, 1.807) is 14.0 Å². The van der Waals surface area contributed by atoms with Crippen molar-refractivity contribution in [1.82, 2.24) is 4.98 Å². The summed E-state index contributed by atoms with van der Waals surface area (Å²) >= 11 is 0.273. The normalized spacial score (nSPS) is 12.7. The van der Waals surface area contributed by atoms with Crippen molar-refractivity contribution in [2.75, 3.05) is 25.0 Å². The van der Waals surface area contributed by atoms with Crippen molar-refractivity contribution in [3.05, 3.63) is 52.6 Å². The molecule has 1 atom stereocenters. The Balaban J connectivity index is 2.88. The number of aromatic nitrogens is 1. The summed E-state index contributed by atoms with van der Waals surface area (Å²) in [5.74, 6) is -4.00. The van der Waals surface area contributed by atoms with E-state index in [-0.39, 0.29) is 64.4 Å². The summed E-state index contributed by atoms with van der Waals surface area (Å²) in [6.07, 6.45) is -5.25. The van der Waals surface area contributed by atoms with E-state index in [2.05, 4.69) is 4.98 Å². The number of esters is 1. The Morgan fingerprint density at radius 2 is 1.77 bits per heavy atom. The van der Waals surface area contributed by atoms with Crippen molar-refractivity contribution in [3.63, 3.8) is 0 Å². The summed E-state index contributed by atoms with van der Waals surface area (Å²) < 4.78 is 44.2. The number of primary amides is 1. The fourth-order valence-electron chi connectivity index (χ4n) is 3.20. The minimum absolute atomic E-state index is 0.0704. The fraction of sp³-hybridized carbons (Fsp3) is 0.318. The van der Waals surface area contributed by atoms with Gasteiger partial charge in [-0.2, -0.15) is 23.7 Å². The molecule has 0 aliphatic carbocycles. The Labute approximate surface area is 203 Å². The number of pyridine rings is 1. The number of nitriles is 2. The molecule has 184 valence electrons. The summed E-state index contributed by atoms with van der Waals surface area (Å²) in [7, 11) is 1.58. The Kier molecular flexibility index (Phi) is 8.68. The molecule has 9 nitrogen and oxygen atoms in total. The predicted molar refractivity (Wildman–Crippen MR) is 121 cm³/mol. The highest BCUT2D eigenvalue weighted by Crippen LogP contribution is 2.46. The van der Waals surface area contributed by atoms with Gasteiger partial charge in [0.2, 0.25) is 0 Å². The SMILES string of the molecule is CCc1c(C#N)c(SC(OC(=O)C(F)(F)F)(C(N)=O)c2ccccc2)nc(N(C)CCN)c1C#N. The van der Waals surface area contributed by atoms with Crippen LogP contribution in [0.1, 0.15) is 29.2 Å². The molecule has 0 fully saturated rings. The maximum atomic E-state index is 13.2. The molecule has 1 aromatic heterocycles. The molecule has 0 radical (unpaired) electrons. The summed E-state index contributed by atoms with van der Waals surface area (Å²) in [6, 6.07) is 10.7. The molecule has 1 amide bonds. The molecule has 0 saturated heterocycles. The number of alkyl halides is 3. The third kappa shape index (κ3) is 5.65. The third-order valence-electron chi connectivity index (χ3n) is 4.84. The van der Waals surface area contributed by atoms with E-state index < -0.39 is 23.0 Å². The van der Waals surface area contributed by atoms with Gasteiger partial charge in [0.05, 0.1) is 11.1 Å². The Morgan fingerprint density at radius 1 is 1.17 bits per heavy atom. The lowest BCUT2D eigenvalue weighted by molar-refractivity contribution is -0.208. The lowest BCUT2D eigenvalue weighted by Gasteiger charge is -2.31. The van der Waals surface area contributed by atoms with Crippen LogP contribution in [0.5, 0.6) is 0 Å². The molecule has 0 aliphatic rings. The smallest absolute Gasteiger partial charge is 0.427 e. The topological polar surface area (TPSA) is 159 Å². The predicted octanol–water partition coefficient (Wildman–Crippen LogP) is 2.32. The van der Waals surface area contributed by atoms with Gasteiger partial charge in [0, 0.05) is 25.7 Å². The molecule has 1 heterocycles. The first-order valence-electron chi connectivity index (χ1n) is 10.1. The third-order valence-corrected chi connectivity index (χ3v) is 6.13. The number of halogens is 3. The monoisotopic (exact) mass is 506 g/mol. The van der Waals surface area contributed by atoms with Crippen LogP contribution >= 0.6 is 11.8 Å². The number of amides is 1. The fourth-order valence-corrected chi connectivity index (χ4v) is 4.34. The second kappa shape index (κ2) is 11.1. The standard InChI is InChI=1S/C22H21F3N6O3S/c1-3-14-15(11-27)17(31(2)10-9-26)30-18(16(14)12-28)35-21(19(29)32,13-7-5-4-6-8-13)34-20(33)22(23,24)25/h4-8H,3,9-10,26H2,1-2H3,(H2,29,32). The first kappa shape index (κ1) is 27.4. The van der Waals surface area contributed by atoms with Crippen LogP contribution in [0.4, 0.5) is 19.0 Å². The Morgan fingerprint density at radius 3 is 2.23 bits per heavy atom. The van der Waals surface area contributed by atoms with Crippen molar-refractivity contribution in [3.8, 4) is 12.1 Å². The average Bonchev–Trinajstić information content (AvgIpc) is 2.82. The first-order valence-corrected chi connectivity index (χ1v) is 10.9. The van der Waals surface area contributed by atoms with Crippen molar-refractivity contribution in [1.29, 1.82) is 10.5 Å². The number of nitrogens with two attached hydrogens (primary N) is 2. The number of likely N-dealkylation sites (N-methyl/N-ethyl adjacent to an activating group) is 1. The molecular weight excluding hydrogens is 485 g/mol. The number of nitrogens with zero attached hydrogens (tertiary/aromatic N) is 4. The van der Waals surface area contributed by atoms with E-state index in [9.17, 15) is 33.3 Å². The second-order valence-electron chi connectivity index (χ2n) is 7.09. The molecular formula is C22H21F3N6O3S. The molecule has 0 bridgehead atoms. The maximum Gasteiger partial charge on any atom is 0.491 e. The largest absolute Gasteiger partial charge is 0.491 e. The number of hydrogen-bond donors (Lipinski definition) is 2. The van der Waals surface area contributed by atoms with E-state index in [0.29, 0.717) is 0 Å². The molecule has 0 saturated carbocycles. The molecule has 2 rings (SSSR count). The molecule has 4 N–H and O–H groups in total. The van der Waals surface area contributed by atoms with Gasteiger partial charge in [0.25, 0.3) is 10.8 Å². The molecule has 2 aromatic rings. The summed E-state index contributed by atoms with van der Waals surface area (Å²) in [6.45, 7) is 2.11. The van der Waals surface area contributed by atoms with Gasteiger partial charge in [-0.15, -0.1) is 0 Å². The number of ether oxygens (including phenoxy) is 1. The summed E-state index contributed by atoms with van der Waals surface area (Å²) in [5.41, 5.74) is 11.1. The number of carbonyl (C=O) groups is 2. The van der Waals surface area contributed by atoms with Gasteiger partial charge in [0.1, 0.15) is 23.0 Å².